The molecule has 1 aromatic carbocycles. The number of ether oxygens (including phenoxy) is 1. The minimum Gasteiger partial charge on any atom is -0.381 e. The van der Waals surface area contributed by atoms with Crippen molar-refractivity contribution in [3.8, 4) is 0 Å². The molecule has 0 aliphatic heterocycles. The molecule has 0 heterocycles. The highest BCUT2D eigenvalue weighted by atomic mass is 32.2. The average molecular weight is 314 g/mol. The number of benzene rings is 1. The van der Waals surface area contributed by atoms with Gasteiger partial charge in [0.25, 0.3) is 0 Å². The molecule has 1 aromatic rings. The van der Waals surface area contributed by atoms with E-state index >= 15 is 0 Å². The summed E-state index contributed by atoms with van der Waals surface area (Å²) < 4.78 is 32.3. The predicted molar refractivity (Wildman–Crippen MR) is 84.5 cm³/mol. The van der Waals surface area contributed by atoms with Gasteiger partial charge in [-0.1, -0.05) is 19.9 Å². The summed E-state index contributed by atoms with van der Waals surface area (Å²) in [6, 6.07) is 5.00. The lowest BCUT2D eigenvalue weighted by molar-refractivity contribution is 0.108. The van der Waals surface area contributed by atoms with Crippen LogP contribution in [0.1, 0.15) is 31.4 Å². The molecule has 0 bridgehead atoms. The summed E-state index contributed by atoms with van der Waals surface area (Å²) in [5, 5.41) is 0. The van der Waals surface area contributed by atoms with Gasteiger partial charge in [0.05, 0.1) is 4.90 Å². The highest BCUT2D eigenvalue weighted by Gasteiger charge is 2.14. The molecule has 1 rings (SSSR count). The molecule has 0 saturated carbocycles. The number of rotatable bonds is 9. The number of hydrogen-bond donors (Lipinski definition) is 2. The summed E-state index contributed by atoms with van der Waals surface area (Å²) in [6.45, 7) is 8.07. The van der Waals surface area contributed by atoms with Crippen molar-refractivity contribution in [3.63, 3.8) is 0 Å². The molecule has 0 saturated heterocycles. The molecule has 0 aliphatic carbocycles. The normalized spacial score (nSPS) is 12.0. The average Bonchev–Trinajstić information content (AvgIpc) is 2.42. The van der Waals surface area contributed by atoms with Crippen LogP contribution >= 0.6 is 0 Å². The molecular formula is C15H26N2O3S. The van der Waals surface area contributed by atoms with Gasteiger partial charge in [-0.15, -0.1) is 0 Å². The van der Waals surface area contributed by atoms with Crippen LogP contribution in [0.25, 0.3) is 0 Å². The molecule has 21 heavy (non-hydrogen) atoms. The Morgan fingerprint density at radius 3 is 2.62 bits per heavy atom. The molecule has 0 radical (unpaired) electrons. The van der Waals surface area contributed by atoms with Crippen molar-refractivity contribution in [2.45, 2.75) is 38.6 Å². The molecule has 120 valence electrons. The van der Waals surface area contributed by atoms with Crippen molar-refractivity contribution in [2.24, 2.45) is 11.7 Å². The molecule has 0 fully saturated rings. The van der Waals surface area contributed by atoms with Crippen LogP contribution in [0, 0.1) is 12.8 Å². The van der Waals surface area contributed by atoms with E-state index in [4.69, 9.17) is 10.5 Å². The second-order valence-corrected chi connectivity index (χ2v) is 7.28. The van der Waals surface area contributed by atoms with Crippen LogP contribution in [0.5, 0.6) is 0 Å². The maximum absolute atomic E-state index is 12.1. The van der Waals surface area contributed by atoms with Crippen LogP contribution in [0.3, 0.4) is 0 Å². The second kappa shape index (κ2) is 8.48. The maximum atomic E-state index is 12.1. The number of hydrogen-bond acceptors (Lipinski definition) is 4. The molecule has 0 aliphatic rings. The molecular weight excluding hydrogens is 288 g/mol. The summed E-state index contributed by atoms with van der Waals surface area (Å²) in [5.74, 6) is 0.491. The third-order valence-electron chi connectivity index (χ3n) is 3.05. The van der Waals surface area contributed by atoms with Crippen LogP contribution in [0.4, 0.5) is 0 Å². The zero-order chi connectivity index (χ0) is 15.9. The molecule has 0 unspecified atom stereocenters. The van der Waals surface area contributed by atoms with Crippen LogP contribution in [-0.4, -0.2) is 28.2 Å². The standard InChI is InChI=1S/C15H26N2O3S/c1-12(2)11-20-8-4-7-17-21(18,19)15-6-5-14(10-16)13(3)9-15/h5-6,9,12,17H,4,7-8,10-11,16H2,1-3H3. The van der Waals surface area contributed by atoms with E-state index in [1.54, 1.807) is 18.2 Å². The smallest absolute Gasteiger partial charge is 0.240 e. The van der Waals surface area contributed by atoms with Gasteiger partial charge in [-0.3, -0.25) is 0 Å². The van der Waals surface area contributed by atoms with Crippen LogP contribution in [0.2, 0.25) is 0 Å². The molecule has 0 amide bonds. The highest BCUT2D eigenvalue weighted by Crippen LogP contribution is 2.15. The van der Waals surface area contributed by atoms with Crippen molar-refractivity contribution in [2.75, 3.05) is 19.8 Å². The summed E-state index contributed by atoms with van der Waals surface area (Å²) in [7, 11) is -3.46. The first-order valence-corrected chi connectivity index (χ1v) is 8.72. The molecule has 0 spiro atoms. The second-order valence-electron chi connectivity index (χ2n) is 5.51. The lowest BCUT2D eigenvalue weighted by Crippen LogP contribution is -2.26. The van der Waals surface area contributed by atoms with Gasteiger partial charge in [0.1, 0.15) is 0 Å². The molecule has 3 N–H and O–H groups in total. The van der Waals surface area contributed by atoms with Crippen LogP contribution in [-0.2, 0) is 21.3 Å². The molecule has 5 nitrogen and oxygen atoms in total. The fourth-order valence-electron chi connectivity index (χ4n) is 1.85. The third kappa shape index (κ3) is 6.13. The van der Waals surface area contributed by atoms with E-state index in [0.717, 1.165) is 11.1 Å². The summed E-state index contributed by atoms with van der Waals surface area (Å²) in [5.41, 5.74) is 7.42. The van der Waals surface area contributed by atoms with Gasteiger partial charge in [-0.2, -0.15) is 0 Å². The van der Waals surface area contributed by atoms with Gasteiger partial charge in [-0.25, -0.2) is 13.1 Å². The van der Waals surface area contributed by atoms with Crippen molar-refractivity contribution in [1.82, 2.24) is 4.72 Å². The zero-order valence-corrected chi connectivity index (χ0v) is 13.9. The summed E-state index contributed by atoms with van der Waals surface area (Å²) >= 11 is 0. The van der Waals surface area contributed by atoms with Crippen LogP contribution < -0.4 is 10.5 Å². The Labute approximate surface area is 127 Å². The van der Waals surface area contributed by atoms with E-state index in [0.29, 0.717) is 38.6 Å². The van der Waals surface area contributed by atoms with E-state index in [1.807, 2.05) is 6.92 Å². The van der Waals surface area contributed by atoms with Gasteiger partial charge < -0.3 is 10.5 Å². The molecule has 0 aromatic heterocycles. The number of nitrogens with one attached hydrogen (secondary N) is 1. The monoisotopic (exact) mass is 314 g/mol. The Morgan fingerprint density at radius 1 is 1.33 bits per heavy atom. The predicted octanol–water partition coefficient (Wildman–Crippen LogP) is 1.79. The van der Waals surface area contributed by atoms with Crippen molar-refractivity contribution >= 4 is 10.0 Å². The van der Waals surface area contributed by atoms with Gasteiger partial charge >= 0.3 is 0 Å². The van der Waals surface area contributed by atoms with E-state index in [-0.39, 0.29) is 4.90 Å². The fourth-order valence-corrected chi connectivity index (χ4v) is 3.01. The van der Waals surface area contributed by atoms with E-state index in [1.165, 1.54) is 0 Å². The lowest BCUT2D eigenvalue weighted by Gasteiger charge is -2.10. The quantitative estimate of drug-likeness (QED) is 0.681. The highest BCUT2D eigenvalue weighted by molar-refractivity contribution is 7.89. The Balaban J connectivity index is 2.48. The van der Waals surface area contributed by atoms with E-state index in [2.05, 4.69) is 18.6 Å². The van der Waals surface area contributed by atoms with E-state index in [9.17, 15) is 8.42 Å². The lowest BCUT2D eigenvalue weighted by atomic mass is 10.1. The van der Waals surface area contributed by atoms with Crippen molar-refractivity contribution in [1.29, 1.82) is 0 Å². The van der Waals surface area contributed by atoms with Gasteiger partial charge in [0.15, 0.2) is 0 Å². The minimum absolute atomic E-state index is 0.278. The Hall–Kier alpha value is -0.950. The van der Waals surface area contributed by atoms with Crippen LogP contribution in [0.15, 0.2) is 23.1 Å². The van der Waals surface area contributed by atoms with Gasteiger partial charge in [-0.05, 0) is 42.5 Å². The molecule has 6 heteroatoms. The SMILES string of the molecule is Cc1cc(S(=O)(=O)NCCCOCC(C)C)ccc1CN. The largest absolute Gasteiger partial charge is 0.381 e. The minimum atomic E-state index is -3.46. The first-order valence-electron chi connectivity index (χ1n) is 7.24. The van der Waals surface area contributed by atoms with Crippen molar-refractivity contribution < 1.29 is 13.2 Å². The Kier molecular flexibility index (Phi) is 7.31. The maximum Gasteiger partial charge on any atom is 0.240 e. The topological polar surface area (TPSA) is 81.4 Å². The van der Waals surface area contributed by atoms with Gasteiger partial charge in [0, 0.05) is 26.3 Å². The Bertz CT molecular complexity index is 542. The fraction of sp³-hybridized carbons (Fsp3) is 0.600. The number of aryl methyl sites for hydroxylation is 1. The first-order chi connectivity index (χ1) is 9.86. The first kappa shape index (κ1) is 18.1. The zero-order valence-electron chi connectivity index (χ0n) is 13.1. The summed E-state index contributed by atoms with van der Waals surface area (Å²) in [6.07, 6.45) is 0.659. The van der Waals surface area contributed by atoms with Crippen molar-refractivity contribution in [3.05, 3.63) is 29.3 Å². The third-order valence-corrected chi connectivity index (χ3v) is 4.51. The van der Waals surface area contributed by atoms with Gasteiger partial charge in [0.2, 0.25) is 10.0 Å². The number of sulfonamides is 1. The summed E-state index contributed by atoms with van der Waals surface area (Å²) in [4.78, 5) is 0.278. The number of nitrogens with two attached hydrogens (primary N) is 1. The Morgan fingerprint density at radius 2 is 2.05 bits per heavy atom. The molecule has 0 atom stereocenters. The van der Waals surface area contributed by atoms with E-state index < -0.39 is 10.0 Å².